The van der Waals surface area contributed by atoms with Crippen molar-refractivity contribution >= 4 is 0 Å². The molecule has 0 saturated carbocycles. The van der Waals surface area contributed by atoms with E-state index in [0.29, 0.717) is 13.1 Å². The van der Waals surface area contributed by atoms with Crippen LogP contribution in [0.15, 0.2) is 0 Å². The SMILES string of the molecule is N#CN(C#N)CCN.[Pd]. The van der Waals surface area contributed by atoms with E-state index in [2.05, 4.69) is 0 Å². The van der Waals surface area contributed by atoms with Crippen molar-refractivity contribution in [1.29, 1.82) is 10.5 Å². The molecule has 5 heteroatoms. The molecule has 0 amide bonds. The van der Waals surface area contributed by atoms with Gasteiger partial charge < -0.3 is 5.73 Å². The van der Waals surface area contributed by atoms with Crippen molar-refractivity contribution in [3.63, 3.8) is 0 Å². The predicted molar refractivity (Wildman–Crippen MR) is 27.0 cm³/mol. The van der Waals surface area contributed by atoms with Gasteiger partial charge in [0.15, 0.2) is 12.4 Å². The van der Waals surface area contributed by atoms with Gasteiger partial charge in [0.05, 0.1) is 6.54 Å². The van der Waals surface area contributed by atoms with E-state index in [0.717, 1.165) is 4.90 Å². The fourth-order valence-corrected chi connectivity index (χ4v) is 0.251. The molecule has 4 nitrogen and oxygen atoms in total. The van der Waals surface area contributed by atoms with Crippen molar-refractivity contribution in [2.75, 3.05) is 13.1 Å². The predicted octanol–water partition coefficient (Wildman–Crippen LogP) is -0.793. The van der Waals surface area contributed by atoms with Gasteiger partial charge in [-0.25, -0.2) is 4.90 Å². The molecule has 0 spiro atoms. The maximum Gasteiger partial charge on any atom is 0.193 e. The van der Waals surface area contributed by atoms with Crippen molar-refractivity contribution < 1.29 is 20.4 Å². The van der Waals surface area contributed by atoms with Gasteiger partial charge >= 0.3 is 0 Å². The Hall–Kier alpha value is -0.598. The smallest absolute Gasteiger partial charge is 0.193 e. The van der Waals surface area contributed by atoms with E-state index in [1.807, 2.05) is 0 Å². The second-order valence-corrected chi connectivity index (χ2v) is 1.14. The van der Waals surface area contributed by atoms with E-state index in [9.17, 15) is 0 Å². The standard InChI is InChI=1S/C4H6N4.Pd/c5-1-2-8(3-6)4-7;/h1-2,5H2;. The third-order valence-electron chi connectivity index (χ3n) is 0.594. The van der Waals surface area contributed by atoms with Crippen LogP contribution in [-0.4, -0.2) is 18.0 Å². The summed E-state index contributed by atoms with van der Waals surface area (Å²) in [6.07, 6.45) is 3.29. The first kappa shape index (κ1) is 11.2. The molecule has 0 bridgehead atoms. The van der Waals surface area contributed by atoms with E-state index in [1.54, 1.807) is 12.4 Å². The van der Waals surface area contributed by atoms with E-state index in [1.165, 1.54) is 0 Å². The third-order valence-corrected chi connectivity index (χ3v) is 0.594. The van der Waals surface area contributed by atoms with Crippen LogP contribution in [0.25, 0.3) is 0 Å². The van der Waals surface area contributed by atoms with Crippen LogP contribution in [0.4, 0.5) is 0 Å². The Labute approximate surface area is 67.5 Å². The number of nitrogens with two attached hydrogens (primary N) is 1. The van der Waals surface area contributed by atoms with Crippen LogP contribution in [0.5, 0.6) is 0 Å². The normalized spacial score (nSPS) is 6.11. The third kappa shape index (κ3) is 5.27. The van der Waals surface area contributed by atoms with Crippen LogP contribution in [0.2, 0.25) is 0 Å². The first-order valence-corrected chi connectivity index (χ1v) is 2.12. The molecule has 0 fully saturated rings. The first-order chi connectivity index (χ1) is 3.85. The van der Waals surface area contributed by atoms with Crippen LogP contribution in [-0.2, 0) is 20.4 Å². The molecule has 0 heterocycles. The molecular weight excluding hydrogens is 210 g/mol. The molecule has 0 aliphatic carbocycles. The zero-order valence-electron chi connectivity index (χ0n) is 4.65. The largest absolute Gasteiger partial charge is 0.329 e. The van der Waals surface area contributed by atoms with Crippen molar-refractivity contribution in [1.82, 2.24) is 4.90 Å². The Kier molecular flexibility index (Phi) is 9.24. The van der Waals surface area contributed by atoms with Crippen LogP contribution < -0.4 is 5.73 Å². The summed E-state index contributed by atoms with van der Waals surface area (Å²) >= 11 is 0. The van der Waals surface area contributed by atoms with Crippen LogP contribution >= 0.6 is 0 Å². The molecule has 0 atom stereocenters. The molecule has 0 aliphatic rings. The molecule has 0 aliphatic heterocycles. The molecule has 0 rings (SSSR count). The summed E-state index contributed by atoms with van der Waals surface area (Å²) in [6.45, 7) is 0.647. The first-order valence-electron chi connectivity index (χ1n) is 2.12. The van der Waals surface area contributed by atoms with Gasteiger partial charge in [0.25, 0.3) is 0 Å². The summed E-state index contributed by atoms with van der Waals surface area (Å²) in [5.74, 6) is 0. The Morgan fingerprint density at radius 2 is 1.78 bits per heavy atom. The monoisotopic (exact) mass is 216 g/mol. The number of nitrogens with zero attached hydrogens (tertiary/aromatic N) is 3. The molecule has 0 radical (unpaired) electrons. The zero-order chi connectivity index (χ0) is 6.41. The Bertz CT molecular complexity index is 118. The number of nitriles is 2. The molecule has 0 unspecified atom stereocenters. The van der Waals surface area contributed by atoms with Gasteiger partial charge in [0.1, 0.15) is 0 Å². The van der Waals surface area contributed by atoms with Gasteiger partial charge in [-0.1, -0.05) is 0 Å². The summed E-state index contributed by atoms with van der Waals surface area (Å²) in [6, 6.07) is 0. The summed E-state index contributed by atoms with van der Waals surface area (Å²) in [4.78, 5) is 0.917. The molecule has 52 valence electrons. The van der Waals surface area contributed by atoms with Crippen LogP contribution in [0, 0.1) is 22.9 Å². The minimum atomic E-state index is 0. The quantitative estimate of drug-likeness (QED) is 0.373. The van der Waals surface area contributed by atoms with Gasteiger partial charge in [0.2, 0.25) is 0 Å². The Balaban J connectivity index is 0. The second kappa shape index (κ2) is 7.40. The minimum Gasteiger partial charge on any atom is -0.329 e. The molecule has 0 aromatic heterocycles. The van der Waals surface area contributed by atoms with Gasteiger partial charge in [0, 0.05) is 27.0 Å². The maximum atomic E-state index is 8.06. The van der Waals surface area contributed by atoms with Gasteiger partial charge in [-0.15, -0.1) is 0 Å². The van der Waals surface area contributed by atoms with Crippen LogP contribution in [0.1, 0.15) is 0 Å². The van der Waals surface area contributed by atoms with Gasteiger partial charge in [-0.05, 0) is 0 Å². The number of hydrogen-bond donors (Lipinski definition) is 1. The number of hydrogen-bond acceptors (Lipinski definition) is 4. The average Bonchev–Trinajstić information content (AvgIpc) is 1.83. The van der Waals surface area contributed by atoms with Gasteiger partial charge in [-0.2, -0.15) is 10.5 Å². The fourth-order valence-electron chi connectivity index (χ4n) is 0.251. The van der Waals surface area contributed by atoms with Crippen LogP contribution in [0.3, 0.4) is 0 Å². The summed E-state index contributed by atoms with van der Waals surface area (Å²) < 4.78 is 0. The maximum absolute atomic E-state index is 8.06. The topological polar surface area (TPSA) is 76.8 Å². The van der Waals surface area contributed by atoms with Crippen molar-refractivity contribution in [2.45, 2.75) is 0 Å². The summed E-state index contributed by atoms with van der Waals surface area (Å²) in [5, 5.41) is 16.1. The zero-order valence-corrected chi connectivity index (χ0v) is 6.20. The van der Waals surface area contributed by atoms with E-state index < -0.39 is 0 Å². The van der Waals surface area contributed by atoms with E-state index in [4.69, 9.17) is 16.3 Å². The fraction of sp³-hybridized carbons (Fsp3) is 0.500. The minimum absolute atomic E-state index is 0. The van der Waals surface area contributed by atoms with E-state index >= 15 is 0 Å². The summed E-state index contributed by atoms with van der Waals surface area (Å²) in [5.41, 5.74) is 5.04. The van der Waals surface area contributed by atoms with Crippen molar-refractivity contribution in [3.05, 3.63) is 0 Å². The number of rotatable bonds is 2. The molecule has 0 saturated heterocycles. The van der Waals surface area contributed by atoms with Gasteiger partial charge in [-0.3, -0.25) is 0 Å². The average molecular weight is 217 g/mol. The van der Waals surface area contributed by atoms with E-state index in [-0.39, 0.29) is 20.4 Å². The van der Waals surface area contributed by atoms with Crippen molar-refractivity contribution in [3.8, 4) is 12.4 Å². The molecule has 9 heavy (non-hydrogen) atoms. The summed E-state index contributed by atoms with van der Waals surface area (Å²) in [7, 11) is 0. The van der Waals surface area contributed by atoms with Crippen molar-refractivity contribution in [2.24, 2.45) is 5.73 Å². The second-order valence-electron chi connectivity index (χ2n) is 1.14. The molecule has 0 aromatic carbocycles. The molecule has 2 N–H and O–H groups in total. The molecule has 0 aromatic rings. The Morgan fingerprint density at radius 3 is 1.89 bits per heavy atom. The Morgan fingerprint density at radius 1 is 1.33 bits per heavy atom. The molecular formula is C4H6N4Pd.